The van der Waals surface area contributed by atoms with Gasteiger partial charge in [0.05, 0.1) is 9.13 Å². The minimum atomic E-state index is -4.41. The molecule has 0 unspecified atom stereocenters. The number of nitriles is 1. The number of primary sulfonamides is 1. The summed E-state index contributed by atoms with van der Waals surface area (Å²) in [6, 6.07) is 1.53. The molecule has 0 aliphatic carbocycles. The Hall–Kier alpha value is -0.860. The first-order valence-electron chi connectivity index (χ1n) is 3.68. The SMILES string of the molecule is N#Cc1c(I)cnc(C(F)F)c1S(N)(=O)=O. The third-order valence-corrected chi connectivity index (χ3v) is 3.42. The number of halogens is 3. The summed E-state index contributed by atoms with van der Waals surface area (Å²) in [4.78, 5) is 2.38. The van der Waals surface area contributed by atoms with E-state index < -0.39 is 32.6 Å². The Labute approximate surface area is 103 Å². The molecule has 1 rings (SSSR count). The normalized spacial score (nSPS) is 11.5. The van der Waals surface area contributed by atoms with E-state index in [9.17, 15) is 17.2 Å². The van der Waals surface area contributed by atoms with Crippen molar-refractivity contribution in [2.75, 3.05) is 0 Å². The fraction of sp³-hybridized carbons (Fsp3) is 0.143. The van der Waals surface area contributed by atoms with E-state index in [1.165, 1.54) is 6.07 Å². The molecule has 0 atom stereocenters. The fourth-order valence-electron chi connectivity index (χ4n) is 1.03. The highest BCUT2D eigenvalue weighted by Gasteiger charge is 2.27. The average Bonchev–Trinajstić information content (AvgIpc) is 2.15. The molecule has 0 aliphatic heterocycles. The van der Waals surface area contributed by atoms with Gasteiger partial charge in [-0.25, -0.2) is 22.3 Å². The lowest BCUT2D eigenvalue weighted by Gasteiger charge is -2.08. The number of pyridine rings is 1. The molecule has 0 aromatic carbocycles. The molecular weight excluding hydrogens is 355 g/mol. The van der Waals surface area contributed by atoms with E-state index in [1.54, 1.807) is 22.6 Å². The van der Waals surface area contributed by atoms with Crippen LogP contribution in [0.1, 0.15) is 17.7 Å². The van der Waals surface area contributed by atoms with Crippen LogP contribution in [0, 0.1) is 14.9 Å². The number of alkyl halides is 2. The van der Waals surface area contributed by atoms with Crippen LogP contribution in [0.2, 0.25) is 0 Å². The number of nitrogens with two attached hydrogens (primary N) is 1. The summed E-state index contributed by atoms with van der Waals surface area (Å²) in [6.45, 7) is 0. The second-order valence-electron chi connectivity index (χ2n) is 2.65. The van der Waals surface area contributed by atoms with Gasteiger partial charge in [0, 0.05) is 6.20 Å². The average molecular weight is 359 g/mol. The first-order chi connectivity index (χ1) is 7.29. The summed E-state index contributed by atoms with van der Waals surface area (Å²) >= 11 is 1.62. The predicted octanol–water partition coefficient (Wildman–Crippen LogP) is 1.14. The fourth-order valence-corrected chi connectivity index (χ4v) is 2.62. The summed E-state index contributed by atoms with van der Waals surface area (Å²) in [5.41, 5.74) is -1.41. The van der Waals surface area contributed by atoms with Crippen LogP contribution < -0.4 is 5.14 Å². The molecule has 86 valence electrons. The molecule has 0 saturated carbocycles. The van der Waals surface area contributed by atoms with Crippen molar-refractivity contribution in [2.45, 2.75) is 11.3 Å². The van der Waals surface area contributed by atoms with Crippen LogP contribution >= 0.6 is 22.6 Å². The predicted molar refractivity (Wildman–Crippen MR) is 58.0 cm³/mol. The molecule has 1 heterocycles. The van der Waals surface area contributed by atoms with Crippen molar-refractivity contribution in [1.29, 1.82) is 5.26 Å². The molecule has 1 aromatic rings. The van der Waals surface area contributed by atoms with Crippen LogP contribution in [0.4, 0.5) is 8.78 Å². The molecular formula is C7H4F2IN3O2S. The van der Waals surface area contributed by atoms with E-state index in [0.717, 1.165) is 6.20 Å². The summed E-state index contributed by atoms with van der Waals surface area (Å²) in [6.07, 6.45) is -2.12. The second-order valence-corrected chi connectivity index (χ2v) is 5.31. The third kappa shape index (κ3) is 2.45. The summed E-state index contributed by atoms with van der Waals surface area (Å²) in [5, 5.41) is 13.5. The third-order valence-electron chi connectivity index (χ3n) is 1.62. The Kier molecular flexibility index (Phi) is 3.76. The van der Waals surface area contributed by atoms with Gasteiger partial charge in [-0.05, 0) is 22.6 Å². The van der Waals surface area contributed by atoms with Crippen molar-refractivity contribution < 1.29 is 17.2 Å². The van der Waals surface area contributed by atoms with Crippen molar-refractivity contribution >= 4 is 32.6 Å². The van der Waals surface area contributed by atoms with Crippen molar-refractivity contribution in [3.8, 4) is 6.07 Å². The van der Waals surface area contributed by atoms with Crippen molar-refractivity contribution in [3.05, 3.63) is 21.0 Å². The number of sulfonamides is 1. The van der Waals surface area contributed by atoms with Crippen LogP contribution in [0.25, 0.3) is 0 Å². The maximum Gasteiger partial charge on any atom is 0.281 e. The lowest BCUT2D eigenvalue weighted by atomic mass is 10.2. The smallest absolute Gasteiger partial charge is 0.253 e. The molecule has 9 heteroatoms. The Morgan fingerprint density at radius 1 is 1.56 bits per heavy atom. The van der Waals surface area contributed by atoms with Gasteiger partial charge in [-0.15, -0.1) is 0 Å². The van der Waals surface area contributed by atoms with Crippen molar-refractivity contribution in [3.63, 3.8) is 0 Å². The number of hydrogen-bond donors (Lipinski definition) is 1. The molecule has 0 saturated heterocycles. The highest BCUT2D eigenvalue weighted by Crippen LogP contribution is 2.28. The maximum atomic E-state index is 12.5. The minimum Gasteiger partial charge on any atom is -0.253 e. The Balaban J connectivity index is 3.77. The largest absolute Gasteiger partial charge is 0.281 e. The highest BCUT2D eigenvalue weighted by molar-refractivity contribution is 14.1. The Bertz CT molecular complexity index is 568. The number of hydrogen-bond acceptors (Lipinski definition) is 4. The van der Waals surface area contributed by atoms with Gasteiger partial charge in [0.15, 0.2) is 0 Å². The van der Waals surface area contributed by atoms with E-state index in [-0.39, 0.29) is 3.57 Å². The second kappa shape index (κ2) is 4.56. The van der Waals surface area contributed by atoms with Crippen molar-refractivity contribution in [2.24, 2.45) is 5.14 Å². The number of rotatable bonds is 2. The number of aromatic nitrogens is 1. The summed E-state index contributed by atoms with van der Waals surface area (Å²) in [5.74, 6) is 0. The molecule has 0 spiro atoms. The van der Waals surface area contributed by atoms with Gasteiger partial charge in [0.1, 0.15) is 16.7 Å². The van der Waals surface area contributed by atoms with Crippen LogP contribution in [-0.2, 0) is 10.0 Å². The lowest BCUT2D eigenvalue weighted by Crippen LogP contribution is -2.18. The molecule has 0 amide bonds. The molecule has 5 nitrogen and oxygen atoms in total. The van der Waals surface area contributed by atoms with Crippen LogP contribution in [0.5, 0.6) is 0 Å². The van der Waals surface area contributed by atoms with E-state index in [0.29, 0.717) is 0 Å². The minimum absolute atomic E-state index is 0.147. The first-order valence-corrected chi connectivity index (χ1v) is 6.31. The quantitative estimate of drug-likeness (QED) is 0.801. The van der Waals surface area contributed by atoms with Gasteiger partial charge in [-0.2, -0.15) is 5.26 Å². The van der Waals surface area contributed by atoms with E-state index in [2.05, 4.69) is 4.98 Å². The molecule has 16 heavy (non-hydrogen) atoms. The summed E-state index contributed by atoms with van der Waals surface area (Å²) in [7, 11) is -4.41. The van der Waals surface area contributed by atoms with Gasteiger partial charge in [-0.3, -0.25) is 4.98 Å². The van der Waals surface area contributed by atoms with Gasteiger partial charge in [0.25, 0.3) is 6.43 Å². The van der Waals surface area contributed by atoms with E-state index in [4.69, 9.17) is 10.4 Å². The molecule has 0 radical (unpaired) electrons. The van der Waals surface area contributed by atoms with Crippen LogP contribution in [0.15, 0.2) is 11.1 Å². The van der Waals surface area contributed by atoms with Crippen LogP contribution in [0.3, 0.4) is 0 Å². The Morgan fingerprint density at radius 3 is 2.50 bits per heavy atom. The van der Waals surface area contributed by atoms with E-state index >= 15 is 0 Å². The lowest BCUT2D eigenvalue weighted by molar-refractivity contribution is 0.142. The molecule has 0 aliphatic rings. The maximum absolute atomic E-state index is 12.5. The van der Waals surface area contributed by atoms with Crippen LogP contribution in [-0.4, -0.2) is 13.4 Å². The van der Waals surface area contributed by atoms with E-state index in [1.807, 2.05) is 0 Å². The van der Waals surface area contributed by atoms with Gasteiger partial charge in [0.2, 0.25) is 10.0 Å². The van der Waals surface area contributed by atoms with Gasteiger partial charge < -0.3 is 0 Å². The zero-order chi connectivity index (χ0) is 12.5. The Morgan fingerprint density at radius 2 is 2.12 bits per heavy atom. The highest BCUT2D eigenvalue weighted by atomic mass is 127. The zero-order valence-corrected chi connectivity index (χ0v) is 10.5. The standard InChI is InChI=1S/C7H4F2IN3O2S/c8-7(9)5-6(16(12,14)15)3(1-11)4(10)2-13-5/h2,7H,(H2,12,14,15). The topological polar surface area (TPSA) is 96.8 Å². The molecule has 0 bridgehead atoms. The molecule has 1 aromatic heterocycles. The monoisotopic (exact) mass is 359 g/mol. The zero-order valence-electron chi connectivity index (χ0n) is 7.49. The van der Waals surface area contributed by atoms with Crippen molar-refractivity contribution in [1.82, 2.24) is 4.98 Å². The number of nitrogens with zero attached hydrogens (tertiary/aromatic N) is 2. The first kappa shape index (κ1) is 13.2. The molecule has 2 N–H and O–H groups in total. The van der Waals surface area contributed by atoms with Gasteiger partial charge >= 0.3 is 0 Å². The molecule has 0 fully saturated rings. The summed E-state index contributed by atoms with van der Waals surface area (Å²) < 4.78 is 47.5. The van der Waals surface area contributed by atoms with Gasteiger partial charge in [-0.1, -0.05) is 0 Å².